The molecule has 0 aliphatic rings. The lowest BCUT2D eigenvalue weighted by Crippen LogP contribution is -2.00. The van der Waals surface area contributed by atoms with E-state index >= 15 is 0 Å². The smallest absolute Gasteiger partial charge is 0.312 e. The van der Waals surface area contributed by atoms with Gasteiger partial charge >= 0.3 is 10.1 Å². The topological polar surface area (TPSA) is 76.5 Å². The van der Waals surface area contributed by atoms with E-state index in [1.54, 1.807) is 0 Å². The van der Waals surface area contributed by atoms with Gasteiger partial charge in [0.15, 0.2) is 5.03 Å². The van der Waals surface area contributed by atoms with Crippen molar-refractivity contribution in [2.45, 2.75) is 5.03 Å². The number of hydrogen-bond donors (Lipinski definition) is 1. The quantitative estimate of drug-likeness (QED) is 0.679. The molecule has 1 N–H and O–H groups in total. The van der Waals surface area contributed by atoms with Crippen LogP contribution in [0.1, 0.15) is 0 Å². The van der Waals surface area contributed by atoms with Crippen LogP contribution in [0.4, 0.5) is 0 Å². The molecule has 0 amide bonds. The van der Waals surface area contributed by atoms with Crippen molar-refractivity contribution in [3.05, 3.63) is 18.3 Å². The highest BCUT2D eigenvalue weighted by molar-refractivity contribution is 7.85. The number of methoxy groups -OCH3 is 1. The third kappa shape index (κ3) is 1.93. The highest BCUT2D eigenvalue weighted by Gasteiger charge is 2.09. The monoisotopic (exact) mass is 189 g/mol. The molecule has 66 valence electrons. The Morgan fingerprint density at radius 2 is 2.17 bits per heavy atom. The lowest BCUT2D eigenvalue weighted by Gasteiger charge is -1.98. The molecule has 5 nitrogen and oxygen atoms in total. The zero-order chi connectivity index (χ0) is 9.19. The van der Waals surface area contributed by atoms with E-state index in [0.29, 0.717) is 5.75 Å². The predicted octanol–water partition coefficient (Wildman–Crippen LogP) is 0.337. The number of aromatic nitrogens is 1. The fourth-order valence-electron chi connectivity index (χ4n) is 0.640. The van der Waals surface area contributed by atoms with Crippen molar-refractivity contribution in [2.75, 3.05) is 7.11 Å². The van der Waals surface area contributed by atoms with Crippen LogP contribution in [0.3, 0.4) is 0 Å². The van der Waals surface area contributed by atoms with Gasteiger partial charge in [-0.1, -0.05) is 0 Å². The first-order valence-electron chi connectivity index (χ1n) is 3.01. The van der Waals surface area contributed by atoms with Gasteiger partial charge in [0.05, 0.1) is 13.3 Å². The Hall–Kier alpha value is -1.14. The van der Waals surface area contributed by atoms with Gasteiger partial charge in [0.2, 0.25) is 0 Å². The average molecular weight is 189 g/mol. The third-order valence-corrected chi connectivity index (χ3v) is 1.98. The maximum absolute atomic E-state index is 10.5. The molecule has 0 aliphatic heterocycles. The zero-order valence-corrected chi connectivity index (χ0v) is 7.08. The molecule has 0 spiro atoms. The fraction of sp³-hybridized carbons (Fsp3) is 0.167. The number of pyridine rings is 1. The van der Waals surface area contributed by atoms with E-state index in [0.717, 1.165) is 6.07 Å². The van der Waals surface area contributed by atoms with E-state index in [2.05, 4.69) is 4.98 Å². The SMILES string of the molecule is COc1ccc(S(=O)(=O)O)nc1. The molecule has 1 heterocycles. The molecule has 0 bridgehead atoms. The van der Waals surface area contributed by atoms with Crippen LogP contribution >= 0.6 is 0 Å². The van der Waals surface area contributed by atoms with E-state index in [-0.39, 0.29) is 5.03 Å². The molecule has 0 aromatic carbocycles. The van der Waals surface area contributed by atoms with Crippen LogP contribution in [-0.4, -0.2) is 25.1 Å². The van der Waals surface area contributed by atoms with Crippen molar-refractivity contribution >= 4 is 10.1 Å². The first kappa shape index (κ1) is 8.95. The maximum atomic E-state index is 10.5. The number of rotatable bonds is 2. The Balaban J connectivity index is 3.09. The van der Waals surface area contributed by atoms with Gasteiger partial charge in [-0.15, -0.1) is 0 Å². The lowest BCUT2D eigenvalue weighted by molar-refractivity contribution is 0.411. The molecule has 12 heavy (non-hydrogen) atoms. The Morgan fingerprint density at radius 3 is 2.50 bits per heavy atom. The van der Waals surface area contributed by atoms with Gasteiger partial charge in [0.25, 0.3) is 0 Å². The minimum atomic E-state index is -4.19. The summed E-state index contributed by atoms with van der Waals surface area (Å²) in [6.07, 6.45) is 1.21. The van der Waals surface area contributed by atoms with Crippen LogP contribution in [0.15, 0.2) is 23.4 Å². The van der Waals surface area contributed by atoms with Crippen LogP contribution in [0.25, 0.3) is 0 Å². The second-order valence-electron chi connectivity index (χ2n) is 2.01. The molecule has 1 rings (SSSR count). The van der Waals surface area contributed by atoms with Gasteiger partial charge < -0.3 is 4.74 Å². The minimum absolute atomic E-state index is 0.386. The van der Waals surface area contributed by atoms with Crippen molar-refractivity contribution in [3.63, 3.8) is 0 Å². The van der Waals surface area contributed by atoms with Gasteiger partial charge in [0.1, 0.15) is 5.75 Å². The highest BCUT2D eigenvalue weighted by Crippen LogP contribution is 2.10. The summed E-state index contributed by atoms with van der Waals surface area (Å²) in [6, 6.07) is 2.56. The van der Waals surface area contributed by atoms with Gasteiger partial charge in [-0.25, -0.2) is 4.98 Å². The minimum Gasteiger partial charge on any atom is -0.495 e. The Bertz CT molecular complexity index is 356. The van der Waals surface area contributed by atoms with Crippen LogP contribution in [0.5, 0.6) is 5.75 Å². The average Bonchev–Trinajstić information content (AvgIpc) is 2.03. The molecule has 0 unspecified atom stereocenters. The molecule has 0 saturated heterocycles. The van der Waals surface area contributed by atoms with Crippen molar-refractivity contribution in [3.8, 4) is 5.75 Å². The van der Waals surface area contributed by atoms with Crippen LogP contribution < -0.4 is 4.74 Å². The lowest BCUT2D eigenvalue weighted by atomic mass is 10.5. The Morgan fingerprint density at radius 1 is 1.50 bits per heavy atom. The Labute approximate surface area is 69.8 Å². The first-order chi connectivity index (χ1) is 5.54. The van der Waals surface area contributed by atoms with Gasteiger partial charge in [-0.05, 0) is 12.1 Å². The first-order valence-corrected chi connectivity index (χ1v) is 4.45. The molecule has 6 heteroatoms. The molecule has 1 aromatic heterocycles. The van der Waals surface area contributed by atoms with Crippen LogP contribution in [0, 0.1) is 0 Å². The summed E-state index contributed by atoms with van der Waals surface area (Å²) >= 11 is 0. The molecule has 0 saturated carbocycles. The standard InChI is InChI=1S/C6H7NO4S/c1-11-5-2-3-6(7-4-5)12(8,9)10/h2-4H,1H3,(H,8,9,10). The molecule has 0 atom stereocenters. The van der Waals surface area contributed by atoms with Gasteiger partial charge in [-0.3, -0.25) is 4.55 Å². The summed E-state index contributed by atoms with van der Waals surface area (Å²) in [5, 5.41) is -0.386. The zero-order valence-electron chi connectivity index (χ0n) is 6.26. The largest absolute Gasteiger partial charge is 0.495 e. The van der Waals surface area contributed by atoms with E-state index < -0.39 is 10.1 Å². The summed E-state index contributed by atoms with van der Waals surface area (Å²) in [4.78, 5) is 3.46. The molecular formula is C6H7NO4S. The second-order valence-corrected chi connectivity index (χ2v) is 3.38. The summed E-state index contributed by atoms with van der Waals surface area (Å²) in [7, 11) is -2.76. The van der Waals surface area contributed by atoms with Crippen molar-refractivity contribution < 1.29 is 17.7 Å². The molecule has 0 aliphatic carbocycles. The van der Waals surface area contributed by atoms with E-state index in [9.17, 15) is 8.42 Å². The summed E-state index contributed by atoms with van der Waals surface area (Å²) < 4.78 is 34.2. The van der Waals surface area contributed by atoms with E-state index in [4.69, 9.17) is 9.29 Å². The summed E-state index contributed by atoms with van der Waals surface area (Å²) in [5.41, 5.74) is 0. The normalized spacial score (nSPS) is 11.2. The highest BCUT2D eigenvalue weighted by atomic mass is 32.2. The number of nitrogens with zero attached hydrogens (tertiary/aromatic N) is 1. The molecule has 1 aromatic rings. The van der Waals surface area contributed by atoms with Gasteiger partial charge in [0, 0.05) is 0 Å². The number of ether oxygens (including phenoxy) is 1. The van der Waals surface area contributed by atoms with E-state index in [1.165, 1.54) is 19.4 Å². The Kier molecular flexibility index (Phi) is 2.30. The van der Waals surface area contributed by atoms with Crippen molar-refractivity contribution in [2.24, 2.45) is 0 Å². The molecular weight excluding hydrogens is 182 g/mol. The van der Waals surface area contributed by atoms with Crippen LogP contribution in [0.2, 0.25) is 0 Å². The predicted molar refractivity (Wildman–Crippen MR) is 40.6 cm³/mol. The second kappa shape index (κ2) is 3.08. The van der Waals surface area contributed by atoms with Crippen molar-refractivity contribution in [1.82, 2.24) is 4.98 Å². The summed E-state index contributed by atoms with van der Waals surface area (Å²) in [6.45, 7) is 0. The van der Waals surface area contributed by atoms with Crippen LogP contribution in [-0.2, 0) is 10.1 Å². The molecule has 0 radical (unpaired) electrons. The van der Waals surface area contributed by atoms with Crippen molar-refractivity contribution in [1.29, 1.82) is 0 Å². The third-order valence-electron chi connectivity index (χ3n) is 1.21. The summed E-state index contributed by atoms with van der Waals surface area (Å²) in [5.74, 6) is 0.433. The fourth-order valence-corrected chi connectivity index (χ4v) is 1.07. The van der Waals surface area contributed by atoms with E-state index in [1.807, 2.05) is 0 Å². The number of hydrogen-bond acceptors (Lipinski definition) is 4. The molecule has 0 fully saturated rings. The maximum Gasteiger partial charge on any atom is 0.312 e. The van der Waals surface area contributed by atoms with Gasteiger partial charge in [-0.2, -0.15) is 8.42 Å².